The van der Waals surface area contributed by atoms with Gasteiger partial charge in [0.15, 0.2) is 5.16 Å². The summed E-state index contributed by atoms with van der Waals surface area (Å²) in [4.78, 5) is 17.7. The first kappa shape index (κ1) is 19.9. The number of aryl methyl sites for hydroxylation is 1. The Bertz CT molecular complexity index is 984. The summed E-state index contributed by atoms with van der Waals surface area (Å²) in [5, 5.41) is 5.76. The second-order valence-electron chi connectivity index (χ2n) is 6.50. The van der Waals surface area contributed by atoms with E-state index in [1.807, 2.05) is 26.8 Å². The second-order valence-corrected chi connectivity index (χ2v) is 7.88. The van der Waals surface area contributed by atoms with Crippen molar-refractivity contribution in [1.82, 2.24) is 14.7 Å². The topological polar surface area (TPSA) is 70.2 Å². The number of hydrogen-bond acceptors (Lipinski definition) is 6. The molecule has 1 aromatic carbocycles. The minimum Gasteiger partial charge on any atom is -0.379 e. The molecule has 3 aromatic rings. The highest BCUT2D eigenvalue weighted by Gasteiger charge is 2.13. The quantitative estimate of drug-likeness (QED) is 0.312. The average Bonchev–Trinajstić information content (AvgIpc) is 3.03. The van der Waals surface area contributed by atoms with Crippen molar-refractivity contribution in [3.63, 3.8) is 0 Å². The van der Waals surface area contributed by atoms with Gasteiger partial charge in [-0.1, -0.05) is 28.5 Å². The monoisotopic (exact) mass is 407 g/mol. The molecule has 0 unspecified atom stereocenters. The fourth-order valence-corrected chi connectivity index (χ4v) is 3.72. The number of benzene rings is 1. The van der Waals surface area contributed by atoms with Gasteiger partial charge in [0, 0.05) is 30.0 Å². The number of thioether (sulfide) groups is 1. The summed E-state index contributed by atoms with van der Waals surface area (Å²) in [5.41, 5.74) is 1.34. The highest BCUT2D eigenvalue weighted by Crippen LogP contribution is 2.23. The van der Waals surface area contributed by atoms with Gasteiger partial charge in [-0.2, -0.15) is 0 Å². The van der Waals surface area contributed by atoms with Crippen LogP contribution in [0.1, 0.15) is 31.7 Å². The number of aromatic nitrogens is 3. The molecule has 0 spiro atoms. The molecule has 0 saturated heterocycles. The smallest absolute Gasteiger partial charge is 0.262 e. The molecule has 144 valence electrons. The van der Waals surface area contributed by atoms with Crippen molar-refractivity contribution in [3.05, 3.63) is 51.1 Å². The van der Waals surface area contributed by atoms with Crippen molar-refractivity contribution in [2.24, 2.45) is 0 Å². The number of fused-ring (bicyclic) bond motifs is 1. The molecular weight excluding hydrogens is 386 g/mol. The lowest BCUT2D eigenvalue weighted by Crippen LogP contribution is -2.24. The Morgan fingerprint density at radius 2 is 2.15 bits per heavy atom. The van der Waals surface area contributed by atoms with Crippen LogP contribution in [0, 0.1) is 6.92 Å². The molecule has 0 amide bonds. The minimum absolute atomic E-state index is 0.0694. The number of hydrogen-bond donors (Lipinski definition) is 0. The fraction of sp³-hybridized carbons (Fsp3) is 0.421. The largest absolute Gasteiger partial charge is 0.379 e. The van der Waals surface area contributed by atoms with Gasteiger partial charge >= 0.3 is 0 Å². The number of halogens is 1. The van der Waals surface area contributed by atoms with Crippen molar-refractivity contribution in [2.45, 2.75) is 50.8 Å². The van der Waals surface area contributed by atoms with E-state index in [1.54, 1.807) is 22.8 Å². The van der Waals surface area contributed by atoms with E-state index in [0.717, 1.165) is 17.9 Å². The third-order valence-corrected chi connectivity index (χ3v) is 5.13. The van der Waals surface area contributed by atoms with Crippen molar-refractivity contribution in [2.75, 3.05) is 6.61 Å². The second kappa shape index (κ2) is 8.91. The van der Waals surface area contributed by atoms with Crippen molar-refractivity contribution in [1.29, 1.82) is 0 Å². The molecular formula is C19H22ClN3O3S. The van der Waals surface area contributed by atoms with Crippen LogP contribution < -0.4 is 5.56 Å². The number of rotatable bonds is 8. The molecule has 3 rings (SSSR count). The van der Waals surface area contributed by atoms with Gasteiger partial charge in [-0.25, -0.2) is 4.98 Å². The van der Waals surface area contributed by atoms with Crippen LogP contribution in [0.25, 0.3) is 10.9 Å². The molecule has 0 atom stereocenters. The zero-order chi connectivity index (χ0) is 19.4. The van der Waals surface area contributed by atoms with Gasteiger partial charge in [0.25, 0.3) is 5.56 Å². The van der Waals surface area contributed by atoms with E-state index in [0.29, 0.717) is 40.0 Å². The van der Waals surface area contributed by atoms with Crippen LogP contribution in [0.3, 0.4) is 0 Å². The van der Waals surface area contributed by atoms with E-state index in [-0.39, 0.29) is 11.7 Å². The number of ether oxygens (including phenoxy) is 1. The summed E-state index contributed by atoms with van der Waals surface area (Å²) in [6.45, 7) is 6.97. The van der Waals surface area contributed by atoms with Gasteiger partial charge in [0.1, 0.15) is 5.76 Å². The molecule has 0 aliphatic rings. The molecule has 0 saturated carbocycles. The third-order valence-electron chi connectivity index (χ3n) is 3.89. The molecule has 2 heterocycles. The first-order valence-electron chi connectivity index (χ1n) is 8.80. The predicted molar refractivity (Wildman–Crippen MR) is 108 cm³/mol. The van der Waals surface area contributed by atoms with Crippen LogP contribution >= 0.6 is 23.4 Å². The van der Waals surface area contributed by atoms with Gasteiger partial charge in [-0.05, 0) is 45.4 Å². The Labute approximate surface area is 166 Å². The maximum atomic E-state index is 13.0. The molecule has 8 heteroatoms. The molecule has 0 aliphatic heterocycles. The number of nitrogens with zero attached hydrogens (tertiary/aromatic N) is 3. The summed E-state index contributed by atoms with van der Waals surface area (Å²) in [6.07, 6.45) is 0.901. The van der Waals surface area contributed by atoms with Crippen molar-refractivity contribution >= 4 is 34.3 Å². The van der Waals surface area contributed by atoms with E-state index < -0.39 is 0 Å². The van der Waals surface area contributed by atoms with E-state index in [4.69, 9.17) is 20.9 Å². The van der Waals surface area contributed by atoms with E-state index in [9.17, 15) is 4.79 Å². The van der Waals surface area contributed by atoms with Crippen LogP contribution in [0.2, 0.25) is 5.02 Å². The fourth-order valence-electron chi connectivity index (χ4n) is 2.65. The van der Waals surface area contributed by atoms with Gasteiger partial charge in [0.2, 0.25) is 0 Å². The van der Waals surface area contributed by atoms with Crippen molar-refractivity contribution in [3.8, 4) is 0 Å². The minimum atomic E-state index is -0.0694. The van der Waals surface area contributed by atoms with Gasteiger partial charge in [-0.3, -0.25) is 9.36 Å². The van der Waals surface area contributed by atoms with Gasteiger partial charge in [-0.15, -0.1) is 0 Å². The van der Waals surface area contributed by atoms with E-state index in [1.165, 1.54) is 11.8 Å². The zero-order valence-electron chi connectivity index (χ0n) is 15.6. The van der Waals surface area contributed by atoms with Crippen LogP contribution in [-0.4, -0.2) is 27.4 Å². The molecule has 27 heavy (non-hydrogen) atoms. The first-order chi connectivity index (χ1) is 12.9. The Hall–Kier alpha value is -1.83. The molecule has 0 N–H and O–H groups in total. The molecule has 0 aliphatic carbocycles. The highest BCUT2D eigenvalue weighted by atomic mass is 35.5. The lowest BCUT2D eigenvalue weighted by atomic mass is 10.2. The third kappa shape index (κ3) is 5.12. The molecule has 6 nitrogen and oxygen atoms in total. The standard InChI is InChI=1S/C19H22ClN3O3S/c1-12(2)25-8-4-7-23-18(24)16-6-5-14(20)10-17(16)21-19(23)27-11-15-9-13(3)26-22-15/h5-6,9-10,12H,4,7-8,11H2,1-3H3. The van der Waals surface area contributed by atoms with Crippen LogP contribution in [0.15, 0.2) is 38.7 Å². The summed E-state index contributed by atoms with van der Waals surface area (Å²) in [7, 11) is 0. The first-order valence-corrected chi connectivity index (χ1v) is 10.2. The Morgan fingerprint density at radius 3 is 2.85 bits per heavy atom. The summed E-state index contributed by atoms with van der Waals surface area (Å²) < 4.78 is 12.4. The Kier molecular flexibility index (Phi) is 6.57. The van der Waals surface area contributed by atoms with Crippen LogP contribution in [0.5, 0.6) is 0 Å². The average molecular weight is 408 g/mol. The lowest BCUT2D eigenvalue weighted by Gasteiger charge is -2.13. The maximum absolute atomic E-state index is 13.0. The van der Waals surface area contributed by atoms with Crippen molar-refractivity contribution < 1.29 is 9.26 Å². The molecule has 2 aromatic heterocycles. The summed E-state index contributed by atoms with van der Waals surface area (Å²) in [5.74, 6) is 1.32. The van der Waals surface area contributed by atoms with Crippen LogP contribution in [-0.2, 0) is 17.0 Å². The van der Waals surface area contributed by atoms with Gasteiger partial charge < -0.3 is 9.26 Å². The summed E-state index contributed by atoms with van der Waals surface area (Å²) in [6, 6.07) is 7.03. The maximum Gasteiger partial charge on any atom is 0.262 e. The molecule has 0 radical (unpaired) electrons. The van der Waals surface area contributed by atoms with Crippen LogP contribution in [0.4, 0.5) is 0 Å². The SMILES string of the molecule is Cc1cc(CSc2nc3cc(Cl)ccc3c(=O)n2CCCOC(C)C)no1. The zero-order valence-corrected chi connectivity index (χ0v) is 17.1. The highest BCUT2D eigenvalue weighted by molar-refractivity contribution is 7.98. The van der Waals surface area contributed by atoms with E-state index >= 15 is 0 Å². The Balaban J connectivity index is 1.89. The molecule has 0 bridgehead atoms. The normalized spacial score (nSPS) is 11.6. The molecule has 0 fully saturated rings. The predicted octanol–water partition coefficient (Wildman–Crippen LogP) is 4.45. The lowest BCUT2D eigenvalue weighted by molar-refractivity contribution is 0.0743. The van der Waals surface area contributed by atoms with Gasteiger partial charge in [0.05, 0.1) is 22.7 Å². The Morgan fingerprint density at radius 1 is 1.33 bits per heavy atom. The van der Waals surface area contributed by atoms with E-state index in [2.05, 4.69) is 10.1 Å². The summed E-state index contributed by atoms with van der Waals surface area (Å²) >= 11 is 7.53.